The van der Waals surface area contributed by atoms with E-state index >= 15 is 4.79 Å². The Bertz CT molecular complexity index is 1550. The van der Waals surface area contributed by atoms with Gasteiger partial charge in [-0.3, -0.25) is 24.0 Å². The molecular formula is C49H88O10. The van der Waals surface area contributed by atoms with Crippen LogP contribution in [0.25, 0.3) is 0 Å². The number of hydrogen-bond acceptors (Lipinski definition) is 10. The number of hydrogen-bond donors (Lipinski definition) is 1. The van der Waals surface area contributed by atoms with Gasteiger partial charge in [-0.2, -0.15) is 0 Å². The van der Waals surface area contributed by atoms with Gasteiger partial charge in [-0.1, -0.05) is 73.3 Å². The normalized spacial score (nSPS) is 44.5. The monoisotopic (exact) mass is 837 g/mol. The van der Waals surface area contributed by atoms with E-state index in [0.29, 0.717) is 56.0 Å². The van der Waals surface area contributed by atoms with Crippen LogP contribution >= 0.6 is 0 Å². The van der Waals surface area contributed by atoms with Gasteiger partial charge in [0.2, 0.25) is 0 Å². The second kappa shape index (κ2) is 17.7. The van der Waals surface area contributed by atoms with Crippen molar-refractivity contribution in [3.63, 3.8) is 0 Å². The number of ether oxygens (including phenoxy) is 4. The minimum absolute atomic E-state index is 0. The van der Waals surface area contributed by atoms with Crippen LogP contribution in [0.5, 0.6) is 0 Å². The lowest BCUT2D eigenvalue weighted by Gasteiger charge is -2.59. The molecule has 10 rings (SSSR count). The van der Waals surface area contributed by atoms with Crippen LogP contribution in [-0.4, -0.2) is 58.4 Å². The van der Waals surface area contributed by atoms with Crippen LogP contribution in [0.2, 0.25) is 0 Å². The molecule has 10 aliphatic rings. The van der Waals surface area contributed by atoms with Gasteiger partial charge in [0, 0.05) is 12.3 Å². The molecule has 10 fully saturated rings. The smallest absolute Gasteiger partial charge is 0.318 e. The van der Waals surface area contributed by atoms with Gasteiger partial charge in [0.15, 0.2) is 0 Å². The summed E-state index contributed by atoms with van der Waals surface area (Å²) >= 11 is 0. The fraction of sp³-hybridized carbons (Fsp3) is 0.898. The third-order valence-corrected chi connectivity index (χ3v) is 16.3. The Morgan fingerprint density at radius 2 is 1.36 bits per heavy atom. The fourth-order valence-electron chi connectivity index (χ4n) is 15.2. The molecule has 2 heterocycles. The molecule has 1 N–H and O–H groups in total. The van der Waals surface area contributed by atoms with Gasteiger partial charge in [0.25, 0.3) is 0 Å². The van der Waals surface area contributed by atoms with Crippen LogP contribution in [0, 0.1) is 94.2 Å². The fourth-order valence-corrected chi connectivity index (χ4v) is 15.2. The summed E-state index contributed by atoms with van der Waals surface area (Å²) in [7, 11) is 0. The summed E-state index contributed by atoms with van der Waals surface area (Å²) in [4.78, 5) is 68.3. The van der Waals surface area contributed by atoms with Gasteiger partial charge >= 0.3 is 29.8 Å². The van der Waals surface area contributed by atoms with Crippen molar-refractivity contribution in [1.29, 1.82) is 0 Å². The Morgan fingerprint density at radius 1 is 0.746 bits per heavy atom. The van der Waals surface area contributed by atoms with Crippen molar-refractivity contribution in [3.8, 4) is 0 Å². The summed E-state index contributed by atoms with van der Waals surface area (Å²) in [5.41, 5.74) is -3.66. The van der Waals surface area contributed by atoms with Crippen molar-refractivity contribution in [1.82, 2.24) is 0 Å². The van der Waals surface area contributed by atoms with Crippen LogP contribution < -0.4 is 0 Å². The highest BCUT2D eigenvalue weighted by Crippen LogP contribution is 2.70. The van der Waals surface area contributed by atoms with Gasteiger partial charge in [-0.05, 0) is 145 Å². The molecular weight excluding hydrogens is 749 g/mol. The van der Waals surface area contributed by atoms with Crippen molar-refractivity contribution in [2.45, 2.75) is 182 Å². The average molecular weight is 837 g/mol. The summed E-state index contributed by atoms with van der Waals surface area (Å²) in [5.74, 6) is -1.98. The van der Waals surface area contributed by atoms with Crippen molar-refractivity contribution in [3.05, 3.63) is 0 Å². The quantitative estimate of drug-likeness (QED) is 0.150. The first-order valence-electron chi connectivity index (χ1n) is 20.0. The van der Waals surface area contributed by atoms with E-state index in [1.165, 1.54) is 0 Å². The van der Waals surface area contributed by atoms with E-state index in [2.05, 4.69) is 6.92 Å². The van der Waals surface area contributed by atoms with E-state index in [4.69, 9.17) is 18.9 Å². The summed E-state index contributed by atoms with van der Waals surface area (Å²) in [6.07, 6.45) is 7.21. The standard InChI is InChI=1S/C41H56O10.8CH4/c1-18-23-10-25(28-16-48-35(44)31(23)28)29(18)30-22-8-24(26(9-22)34(43)50-38(3,4)5)27(30)15-39(6,32-19(2)33(42)49-36(32)45)37(46)51-41-13-20-7-21(14-41)12-40(47,11-20)17-41;;;;;;;;/h18-32,47H,7-17H2,1-6H3;8*1H4. The predicted molar refractivity (Wildman–Crippen MR) is 233 cm³/mol. The molecule has 2 saturated heterocycles. The lowest BCUT2D eigenvalue weighted by atomic mass is 9.52. The highest BCUT2D eigenvalue weighted by molar-refractivity contribution is 5.99. The van der Waals surface area contributed by atoms with E-state index in [9.17, 15) is 24.3 Å². The molecule has 16 unspecified atom stereocenters. The summed E-state index contributed by atoms with van der Waals surface area (Å²) in [5, 5.41) is 11.5. The van der Waals surface area contributed by atoms with Crippen LogP contribution in [0.4, 0.5) is 0 Å². The van der Waals surface area contributed by atoms with Crippen LogP contribution in [0.15, 0.2) is 0 Å². The average Bonchev–Trinajstić information content (AvgIpc) is 3.83. The maximum atomic E-state index is 15.1. The minimum Gasteiger partial charge on any atom is -0.465 e. The zero-order chi connectivity index (χ0) is 36.2. The lowest BCUT2D eigenvalue weighted by molar-refractivity contribution is -0.229. The number of rotatable bonds is 7. The van der Waals surface area contributed by atoms with Crippen LogP contribution in [-0.2, 0) is 42.9 Å². The first-order chi connectivity index (χ1) is 23.9. The van der Waals surface area contributed by atoms with Crippen LogP contribution in [0.3, 0.4) is 0 Å². The van der Waals surface area contributed by atoms with E-state index < -0.39 is 52.0 Å². The van der Waals surface area contributed by atoms with Crippen LogP contribution in [0.1, 0.15) is 165 Å². The van der Waals surface area contributed by atoms with Gasteiger partial charge in [0.1, 0.15) is 11.2 Å². The first-order valence-corrected chi connectivity index (χ1v) is 20.0. The Morgan fingerprint density at radius 3 is 1.90 bits per heavy atom. The summed E-state index contributed by atoms with van der Waals surface area (Å²) in [6.45, 7) is 11.9. The molecule has 59 heavy (non-hydrogen) atoms. The third kappa shape index (κ3) is 8.17. The second-order valence-corrected chi connectivity index (χ2v) is 20.5. The zero-order valence-electron chi connectivity index (χ0n) is 31.1. The Hall–Kier alpha value is -2.49. The highest BCUT2D eigenvalue weighted by atomic mass is 16.6. The number of carbonyl (C=O) groups is 5. The number of fused-ring (bicyclic) bond motifs is 7. The molecule has 0 aromatic heterocycles. The minimum atomic E-state index is -1.39. The second-order valence-electron chi connectivity index (χ2n) is 20.5. The van der Waals surface area contributed by atoms with Gasteiger partial charge in [0.05, 0.1) is 41.3 Å². The Labute approximate surface area is 359 Å². The molecule has 16 atom stereocenters. The van der Waals surface area contributed by atoms with Gasteiger partial charge < -0.3 is 24.1 Å². The SMILES string of the molecule is C.C.C.C.C.C.C.C.CC1C(=O)OC(=O)C1C(C)(CC1C2CC(CC2C(=O)OC(C)(C)C)C1C1C(C)C2CC1C1COC(=O)C21)C(=O)OC12CC3CC(CC(O)(C3)C1)C2. The van der Waals surface area contributed by atoms with Crippen molar-refractivity contribution in [2.75, 3.05) is 6.61 Å². The van der Waals surface area contributed by atoms with Crippen molar-refractivity contribution in [2.24, 2.45) is 94.2 Å². The molecule has 10 nitrogen and oxygen atoms in total. The van der Waals surface area contributed by atoms with Crippen molar-refractivity contribution >= 4 is 29.8 Å². The molecule has 0 spiro atoms. The maximum Gasteiger partial charge on any atom is 0.318 e. The number of aliphatic hydroxyl groups is 1. The molecule has 2 aliphatic heterocycles. The molecule has 0 aromatic rings. The lowest BCUT2D eigenvalue weighted by Crippen LogP contribution is -2.61. The van der Waals surface area contributed by atoms with E-state index in [1.54, 1.807) is 13.8 Å². The Balaban J connectivity index is 0.00000218. The first kappa shape index (κ1) is 54.5. The molecule has 8 saturated carbocycles. The largest absolute Gasteiger partial charge is 0.465 e. The molecule has 0 radical (unpaired) electrons. The molecule has 10 heteroatoms. The van der Waals surface area contributed by atoms with Gasteiger partial charge in [-0.15, -0.1) is 0 Å². The molecule has 0 amide bonds. The highest BCUT2D eigenvalue weighted by Gasteiger charge is 2.69. The van der Waals surface area contributed by atoms with E-state index in [1.807, 2.05) is 20.8 Å². The number of carbonyl (C=O) groups excluding carboxylic acids is 5. The zero-order valence-corrected chi connectivity index (χ0v) is 31.1. The molecule has 0 aromatic carbocycles. The predicted octanol–water partition coefficient (Wildman–Crippen LogP) is 10.4. The Kier molecular flexibility index (Phi) is 16.4. The van der Waals surface area contributed by atoms with E-state index in [-0.39, 0.29) is 125 Å². The summed E-state index contributed by atoms with van der Waals surface area (Å²) in [6, 6.07) is 0. The third-order valence-electron chi connectivity index (χ3n) is 16.3. The molecule has 344 valence electrons. The number of cyclic esters (lactones) is 3. The van der Waals surface area contributed by atoms with Crippen molar-refractivity contribution < 1.29 is 48.0 Å². The summed E-state index contributed by atoms with van der Waals surface area (Å²) < 4.78 is 23.5. The molecule has 8 aliphatic carbocycles. The molecule has 8 bridgehead atoms. The maximum absolute atomic E-state index is 15.1. The van der Waals surface area contributed by atoms with E-state index in [0.717, 1.165) is 38.5 Å². The van der Waals surface area contributed by atoms with Gasteiger partial charge in [-0.25, -0.2) is 0 Å². The number of esters is 5. The topological polar surface area (TPSA) is 142 Å².